The van der Waals surface area contributed by atoms with Gasteiger partial charge < -0.3 is 0 Å². The van der Waals surface area contributed by atoms with Gasteiger partial charge in [0, 0.05) is 18.1 Å². The van der Waals surface area contributed by atoms with Crippen LogP contribution in [0.3, 0.4) is 0 Å². The average Bonchev–Trinajstić information content (AvgIpc) is 2.32. The topological polar surface area (TPSA) is 72.2 Å². The summed E-state index contributed by atoms with van der Waals surface area (Å²) in [6.45, 7) is 0. The Balaban J connectivity index is 2.41. The number of sulfone groups is 1. The first-order chi connectivity index (χ1) is 9.13. The van der Waals surface area contributed by atoms with Crippen LogP contribution in [0.25, 0.3) is 0 Å². The van der Waals surface area contributed by atoms with Crippen LogP contribution in [-0.2, 0) is 9.84 Å². The van der Waals surface area contributed by atoms with Crippen molar-refractivity contribution in [3.63, 3.8) is 0 Å². The summed E-state index contributed by atoms with van der Waals surface area (Å²) in [5.41, 5.74) is 2.64. The minimum Gasteiger partial charge on any atom is -0.271 e. The van der Waals surface area contributed by atoms with Gasteiger partial charge in [-0.3, -0.25) is 11.3 Å². The summed E-state index contributed by atoms with van der Waals surface area (Å²) in [4.78, 5) is 0. The standard InChI is InChI=1S/C12H23F3N2O2S/c1-20(18,19)8-2-3-11(17-16)9-4-6-10(7-5-9)12(13,14)15/h9-11,17H,2-8,16H2,1H3. The first kappa shape index (κ1) is 17.7. The van der Waals surface area contributed by atoms with E-state index in [1.165, 1.54) is 6.26 Å². The molecule has 1 aliphatic carbocycles. The molecular weight excluding hydrogens is 293 g/mol. The van der Waals surface area contributed by atoms with E-state index in [9.17, 15) is 21.6 Å². The maximum atomic E-state index is 12.6. The minimum atomic E-state index is -4.10. The van der Waals surface area contributed by atoms with Crippen LogP contribution in [0, 0.1) is 11.8 Å². The molecule has 0 aromatic carbocycles. The summed E-state index contributed by atoms with van der Waals surface area (Å²) in [5.74, 6) is 4.43. The second-order valence-electron chi connectivity index (χ2n) is 5.70. The number of hydrazine groups is 1. The summed E-state index contributed by atoms with van der Waals surface area (Å²) in [5, 5.41) is 0. The molecular formula is C12H23F3N2O2S. The summed E-state index contributed by atoms with van der Waals surface area (Å²) < 4.78 is 59.8. The van der Waals surface area contributed by atoms with Crippen molar-refractivity contribution < 1.29 is 21.6 Å². The Bertz CT molecular complexity index is 390. The SMILES string of the molecule is CS(=O)(=O)CCCC(NN)C1CCC(C(F)(F)F)CC1. The van der Waals surface area contributed by atoms with Crippen LogP contribution in [0.2, 0.25) is 0 Å². The highest BCUT2D eigenvalue weighted by atomic mass is 32.2. The van der Waals surface area contributed by atoms with Crippen LogP contribution in [0.5, 0.6) is 0 Å². The van der Waals surface area contributed by atoms with Gasteiger partial charge in [0.05, 0.1) is 5.92 Å². The third-order valence-corrected chi connectivity index (χ3v) is 5.08. The van der Waals surface area contributed by atoms with Gasteiger partial charge >= 0.3 is 6.18 Å². The maximum Gasteiger partial charge on any atom is 0.391 e. The number of nitrogens with one attached hydrogen (secondary N) is 1. The monoisotopic (exact) mass is 316 g/mol. The molecule has 0 aliphatic heterocycles. The molecule has 3 N–H and O–H groups in total. The van der Waals surface area contributed by atoms with Crippen LogP contribution in [0.15, 0.2) is 0 Å². The minimum absolute atomic E-state index is 0.0864. The number of alkyl halides is 3. The van der Waals surface area contributed by atoms with Crippen molar-refractivity contribution in [1.29, 1.82) is 0 Å². The highest BCUT2D eigenvalue weighted by Gasteiger charge is 2.42. The van der Waals surface area contributed by atoms with E-state index in [1.54, 1.807) is 0 Å². The highest BCUT2D eigenvalue weighted by Crippen LogP contribution is 2.40. The van der Waals surface area contributed by atoms with E-state index in [-0.39, 0.29) is 30.6 Å². The van der Waals surface area contributed by atoms with Gasteiger partial charge in [-0.1, -0.05) is 0 Å². The van der Waals surface area contributed by atoms with Crippen molar-refractivity contribution >= 4 is 9.84 Å². The number of hydrogen-bond acceptors (Lipinski definition) is 4. The molecule has 0 aromatic heterocycles. The zero-order valence-electron chi connectivity index (χ0n) is 11.6. The van der Waals surface area contributed by atoms with Crippen molar-refractivity contribution in [3.05, 3.63) is 0 Å². The molecule has 1 aliphatic rings. The molecule has 8 heteroatoms. The van der Waals surface area contributed by atoms with E-state index in [2.05, 4.69) is 5.43 Å². The van der Waals surface area contributed by atoms with Crippen molar-refractivity contribution in [1.82, 2.24) is 5.43 Å². The molecule has 0 radical (unpaired) electrons. The van der Waals surface area contributed by atoms with E-state index in [1.807, 2.05) is 0 Å². The predicted molar refractivity (Wildman–Crippen MR) is 71.6 cm³/mol. The number of halogens is 3. The van der Waals surface area contributed by atoms with Crippen molar-refractivity contribution in [2.24, 2.45) is 17.7 Å². The van der Waals surface area contributed by atoms with Crippen LogP contribution < -0.4 is 11.3 Å². The van der Waals surface area contributed by atoms with E-state index in [4.69, 9.17) is 5.84 Å². The normalized spacial score (nSPS) is 26.4. The third-order valence-electron chi connectivity index (χ3n) is 4.05. The van der Waals surface area contributed by atoms with Crippen molar-refractivity contribution in [3.8, 4) is 0 Å². The molecule has 0 spiro atoms. The fraction of sp³-hybridized carbons (Fsp3) is 1.00. The quantitative estimate of drug-likeness (QED) is 0.581. The smallest absolute Gasteiger partial charge is 0.271 e. The van der Waals surface area contributed by atoms with Gasteiger partial charge in [-0.15, -0.1) is 0 Å². The Morgan fingerprint density at radius 1 is 1.25 bits per heavy atom. The number of nitrogens with two attached hydrogens (primary N) is 1. The van der Waals surface area contributed by atoms with Gasteiger partial charge in [0.1, 0.15) is 9.84 Å². The fourth-order valence-corrected chi connectivity index (χ4v) is 3.56. The molecule has 1 unspecified atom stereocenters. The molecule has 1 atom stereocenters. The lowest BCUT2D eigenvalue weighted by Crippen LogP contribution is -2.43. The molecule has 1 saturated carbocycles. The van der Waals surface area contributed by atoms with Gasteiger partial charge in [0.15, 0.2) is 0 Å². The Morgan fingerprint density at radius 3 is 2.20 bits per heavy atom. The van der Waals surface area contributed by atoms with E-state index < -0.39 is 21.9 Å². The average molecular weight is 316 g/mol. The summed E-state index contributed by atoms with van der Waals surface area (Å²) in [6.07, 6.45) is -0.635. The second kappa shape index (κ2) is 7.09. The molecule has 4 nitrogen and oxygen atoms in total. The van der Waals surface area contributed by atoms with Crippen LogP contribution in [-0.4, -0.2) is 32.6 Å². The van der Waals surface area contributed by atoms with E-state index in [0.717, 1.165) is 0 Å². The highest BCUT2D eigenvalue weighted by molar-refractivity contribution is 7.90. The predicted octanol–water partition coefficient (Wildman–Crippen LogP) is 2.01. The molecule has 20 heavy (non-hydrogen) atoms. The molecule has 0 bridgehead atoms. The summed E-state index contributed by atoms with van der Waals surface area (Å²) >= 11 is 0. The van der Waals surface area contributed by atoms with Crippen LogP contribution in [0.4, 0.5) is 13.2 Å². The Morgan fingerprint density at radius 2 is 1.80 bits per heavy atom. The third kappa shape index (κ3) is 5.97. The molecule has 120 valence electrons. The molecule has 1 rings (SSSR count). The lowest BCUT2D eigenvalue weighted by atomic mass is 9.77. The van der Waals surface area contributed by atoms with Gasteiger partial charge in [-0.25, -0.2) is 8.42 Å². The van der Waals surface area contributed by atoms with Crippen LogP contribution >= 0.6 is 0 Å². The molecule has 0 heterocycles. The summed E-state index contributed by atoms with van der Waals surface area (Å²) in [6, 6.07) is -0.106. The largest absolute Gasteiger partial charge is 0.391 e. The lowest BCUT2D eigenvalue weighted by molar-refractivity contribution is -0.184. The van der Waals surface area contributed by atoms with Gasteiger partial charge in [-0.05, 0) is 44.4 Å². The zero-order valence-corrected chi connectivity index (χ0v) is 12.4. The van der Waals surface area contributed by atoms with Crippen molar-refractivity contribution in [2.75, 3.05) is 12.0 Å². The first-order valence-corrected chi connectivity index (χ1v) is 8.90. The summed E-state index contributed by atoms with van der Waals surface area (Å²) in [7, 11) is -3.00. The number of hydrogen-bond donors (Lipinski definition) is 2. The molecule has 0 amide bonds. The fourth-order valence-electron chi connectivity index (χ4n) is 2.87. The lowest BCUT2D eigenvalue weighted by Gasteiger charge is -2.34. The van der Waals surface area contributed by atoms with Crippen molar-refractivity contribution in [2.45, 2.75) is 50.7 Å². The first-order valence-electron chi connectivity index (χ1n) is 6.84. The Labute approximate surface area is 118 Å². The molecule has 0 aromatic rings. The van der Waals surface area contributed by atoms with E-state index in [0.29, 0.717) is 25.7 Å². The Hall–Kier alpha value is -0.340. The Kier molecular flexibility index (Phi) is 6.27. The maximum absolute atomic E-state index is 12.6. The second-order valence-corrected chi connectivity index (χ2v) is 7.96. The van der Waals surface area contributed by atoms with Gasteiger partial charge in [0.25, 0.3) is 0 Å². The van der Waals surface area contributed by atoms with Gasteiger partial charge in [0.2, 0.25) is 0 Å². The van der Waals surface area contributed by atoms with Gasteiger partial charge in [-0.2, -0.15) is 13.2 Å². The molecule has 0 saturated heterocycles. The number of rotatable bonds is 6. The zero-order chi connectivity index (χ0) is 15.4. The molecule has 1 fully saturated rings. The van der Waals surface area contributed by atoms with E-state index >= 15 is 0 Å². The van der Waals surface area contributed by atoms with Crippen LogP contribution in [0.1, 0.15) is 38.5 Å².